The summed E-state index contributed by atoms with van der Waals surface area (Å²) in [6, 6.07) is 2.00. The molecule has 0 saturated carbocycles. The van der Waals surface area contributed by atoms with Gasteiger partial charge in [0.2, 0.25) is 5.96 Å². The van der Waals surface area contributed by atoms with Gasteiger partial charge >= 0.3 is 0 Å². The maximum absolute atomic E-state index is 8.80. The van der Waals surface area contributed by atoms with Gasteiger partial charge in [0.15, 0.2) is 6.19 Å². The third-order valence-electron chi connectivity index (χ3n) is 2.39. The normalized spacial score (nSPS) is 11.9. The van der Waals surface area contributed by atoms with Crippen molar-refractivity contribution in [1.82, 2.24) is 10.3 Å². The first-order chi connectivity index (χ1) is 8.73. The Morgan fingerprint density at radius 1 is 1.32 bits per heavy atom. The van der Waals surface area contributed by atoms with Crippen LogP contribution in [0.25, 0.3) is 0 Å². The van der Waals surface area contributed by atoms with E-state index >= 15 is 0 Å². The molecule has 0 atom stereocenters. The van der Waals surface area contributed by atoms with Gasteiger partial charge in [-0.05, 0) is 53.2 Å². The fourth-order valence-corrected chi connectivity index (χ4v) is 1.81. The minimum atomic E-state index is -0.272. The SMILES string of the molecule is Cc1cc(C)c(NC(=NC(C)(C)C)NC#N)c(C)n1. The van der Waals surface area contributed by atoms with Crippen LogP contribution in [0.2, 0.25) is 0 Å². The molecule has 0 bridgehead atoms. The summed E-state index contributed by atoms with van der Waals surface area (Å²) >= 11 is 0. The second-order valence-electron chi connectivity index (χ2n) is 5.53. The van der Waals surface area contributed by atoms with Crippen molar-refractivity contribution in [1.29, 1.82) is 5.26 Å². The van der Waals surface area contributed by atoms with E-state index < -0.39 is 0 Å². The zero-order valence-electron chi connectivity index (χ0n) is 12.4. The van der Waals surface area contributed by atoms with Crippen LogP contribution in [0.3, 0.4) is 0 Å². The summed E-state index contributed by atoms with van der Waals surface area (Å²) in [5, 5.41) is 14.5. The number of anilines is 1. The number of aliphatic imine (C=N–C) groups is 1. The van der Waals surface area contributed by atoms with Crippen molar-refractivity contribution in [2.24, 2.45) is 4.99 Å². The summed E-state index contributed by atoms with van der Waals surface area (Å²) in [6.07, 6.45) is 1.90. The molecule has 0 unspecified atom stereocenters. The molecule has 1 aromatic rings. The zero-order valence-corrected chi connectivity index (χ0v) is 12.4. The second kappa shape index (κ2) is 5.70. The first-order valence-corrected chi connectivity index (χ1v) is 6.20. The topological polar surface area (TPSA) is 73.1 Å². The highest BCUT2D eigenvalue weighted by atomic mass is 15.2. The number of aryl methyl sites for hydroxylation is 3. The van der Waals surface area contributed by atoms with E-state index in [0.29, 0.717) is 5.96 Å². The third-order valence-corrected chi connectivity index (χ3v) is 2.39. The molecule has 0 fully saturated rings. The largest absolute Gasteiger partial charge is 0.324 e. The molecule has 0 spiro atoms. The van der Waals surface area contributed by atoms with Gasteiger partial charge in [0, 0.05) is 5.69 Å². The van der Waals surface area contributed by atoms with Crippen molar-refractivity contribution < 1.29 is 0 Å². The highest BCUT2D eigenvalue weighted by Gasteiger charge is 2.12. The summed E-state index contributed by atoms with van der Waals surface area (Å²) in [6.45, 7) is 11.8. The zero-order chi connectivity index (χ0) is 14.6. The molecule has 0 saturated heterocycles. The minimum absolute atomic E-state index is 0.272. The Morgan fingerprint density at radius 2 is 1.95 bits per heavy atom. The number of guanidine groups is 1. The molecular formula is C14H21N5. The summed E-state index contributed by atoms with van der Waals surface area (Å²) in [7, 11) is 0. The number of nitriles is 1. The average Bonchev–Trinajstić information content (AvgIpc) is 2.21. The highest BCUT2D eigenvalue weighted by molar-refractivity contribution is 5.95. The molecular weight excluding hydrogens is 238 g/mol. The number of aromatic nitrogens is 1. The maximum Gasteiger partial charge on any atom is 0.209 e. The molecule has 102 valence electrons. The Hall–Kier alpha value is -2.09. The number of hydrogen-bond donors (Lipinski definition) is 2. The summed E-state index contributed by atoms with van der Waals surface area (Å²) in [5.41, 5.74) is 3.55. The Morgan fingerprint density at radius 3 is 2.42 bits per heavy atom. The van der Waals surface area contributed by atoms with Crippen LogP contribution in [0.5, 0.6) is 0 Å². The van der Waals surface area contributed by atoms with Gasteiger partial charge in [-0.1, -0.05) is 0 Å². The molecule has 0 radical (unpaired) electrons. The van der Waals surface area contributed by atoms with Gasteiger partial charge in [-0.15, -0.1) is 0 Å². The van der Waals surface area contributed by atoms with Crippen LogP contribution in [-0.4, -0.2) is 16.5 Å². The lowest BCUT2D eigenvalue weighted by Gasteiger charge is -2.18. The van der Waals surface area contributed by atoms with Gasteiger partial charge in [-0.25, -0.2) is 4.99 Å². The van der Waals surface area contributed by atoms with E-state index in [-0.39, 0.29) is 5.54 Å². The van der Waals surface area contributed by atoms with Crippen molar-refractivity contribution in [2.45, 2.75) is 47.1 Å². The molecule has 1 rings (SSSR count). The van der Waals surface area contributed by atoms with Crippen molar-refractivity contribution >= 4 is 11.6 Å². The Kier molecular flexibility index (Phi) is 4.49. The van der Waals surface area contributed by atoms with Gasteiger partial charge in [0.25, 0.3) is 0 Å². The van der Waals surface area contributed by atoms with E-state index in [4.69, 9.17) is 5.26 Å². The summed E-state index contributed by atoms with van der Waals surface area (Å²) in [5.74, 6) is 0.437. The molecule has 0 aliphatic rings. The molecule has 0 aromatic carbocycles. The summed E-state index contributed by atoms with van der Waals surface area (Å²) in [4.78, 5) is 8.86. The molecule has 0 aliphatic carbocycles. The highest BCUT2D eigenvalue weighted by Crippen LogP contribution is 2.19. The first kappa shape index (κ1) is 15.0. The van der Waals surface area contributed by atoms with E-state index in [0.717, 1.165) is 22.6 Å². The average molecular weight is 259 g/mol. The predicted octanol–water partition coefficient (Wildman–Crippen LogP) is 2.64. The smallest absolute Gasteiger partial charge is 0.209 e. The van der Waals surface area contributed by atoms with Gasteiger partial charge in [0.1, 0.15) is 0 Å². The molecule has 5 nitrogen and oxygen atoms in total. The number of pyridine rings is 1. The monoisotopic (exact) mass is 259 g/mol. The number of nitrogens with zero attached hydrogens (tertiary/aromatic N) is 3. The molecule has 2 N–H and O–H groups in total. The van der Waals surface area contributed by atoms with E-state index in [1.165, 1.54) is 0 Å². The van der Waals surface area contributed by atoms with Crippen molar-refractivity contribution in [3.8, 4) is 6.19 Å². The van der Waals surface area contributed by atoms with Gasteiger partial charge in [0.05, 0.1) is 16.9 Å². The molecule has 1 heterocycles. The third kappa shape index (κ3) is 4.59. The number of nitrogens with one attached hydrogen (secondary N) is 2. The van der Waals surface area contributed by atoms with E-state index in [1.54, 1.807) is 0 Å². The quantitative estimate of drug-likeness (QED) is 0.352. The van der Waals surface area contributed by atoms with E-state index in [2.05, 4.69) is 20.6 Å². The van der Waals surface area contributed by atoms with Crippen LogP contribution >= 0.6 is 0 Å². The van der Waals surface area contributed by atoms with Crippen molar-refractivity contribution in [3.63, 3.8) is 0 Å². The van der Waals surface area contributed by atoms with Crippen LogP contribution < -0.4 is 10.6 Å². The first-order valence-electron chi connectivity index (χ1n) is 6.20. The molecule has 1 aromatic heterocycles. The number of rotatable bonds is 1. The Bertz CT molecular complexity index is 509. The van der Waals surface area contributed by atoms with E-state index in [9.17, 15) is 0 Å². The molecule has 19 heavy (non-hydrogen) atoms. The van der Waals surface area contributed by atoms with Gasteiger partial charge in [-0.2, -0.15) is 5.26 Å². The van der Waals surface area contributed by atoms with Crippen LogP contribution in [-0.2, 0) is 0 Å². The molecule has 5 heteroatoms. The Labute approximate surface area is 114 Å². The lowest BCUT2D eigenvalue weighted by Crippen LogP contribution is -2.31. The fraction of sp³-hybridized carbons (Fsp3) is 0.500. The van der Waals surface area contributed by atoms with E-state index in [1.807, 2.05) is 53.8 Å². The van der Waals surface area contributed by atoms with Crippen LogP contribution in [0.15, 0.2) is 11.1 Å². The Balaban J connectivity index is 3.12. The van der Waals surface area contributed by atoms with Gasteiger partial charge in [-0.3, -0.25) is 10.3 Å². The van der Waals surface area contributed by atoms with Crippen LogP contribution in [0, 0.1) is 32.2 Å². The standard InChI is InChI=1S/C14H21N5/c1-9-7-10(2)17-11(3)12(9)18-13(16-8-15)19-14(4,5)6/h7H,1-6H3,(H2,16,18,19). The molecule has 0 aliphatic heterocycles. The minimum Gasteiger partial charge on any atom is -0.324 e. The van der Waals surface area contributed by atoms with Crippen LogP contribution in [0.4, 0.5) is 5.69 Å². The predicted molar refractivity (Wildman–Crippen MR) is 78.0 cm³/mol. The fourth-order valence-electron chi connectivity index (χ4n) is 1.81. The van der Waals surface area contributed by atoms with Crippen molar-refractivity contribution in [3.05, 3.63) is 23.0 Å². The van der Waals surface area contributed by atoms with Gasteiger partial charge < -0.3 is 5.32 Å². The maximum atomic E-state index is 8.80. The van der Waals surface area contributed by atoms with Crippen molar-refractivity contribution in [2.75, 3.05) is 5.32 Å². The lowest BCUT2D eigenvalue weighted by atomic mass is 10.1. The second-order valence-corrected chi connectivity index (χ2v) is 5.53. The van der Waals surface area contributed by atoms with Crippen LogP contribution in [0.1, 0.15) is 37.7 Å². The molecule has 0 amide bonds. The summed E-state index contributed by atoms with van der Waals surface area (Å²) < 4.78 is 0. The lowest BCUT2D eigenvalue weighted by molar-refractivity contribution is 0.581. The number of hydrogen-bond acceptors (Lipinski definition) is 3.